The lowest BCUT2D eigenvalue weighted by Crippen LogP contribution is -2.21. The molecule has 1 N–H and O–H groups in total. The SMILES string of the molecule is COc1ccc(-c2cc(C(=O)OCC(=O)Nc3nc4c(F)c(F)c(F)cc4s3)c3ccccc3n2)cc1. The number of amides is 1. The third-order valence-electron chi connectivity index (χ3n) is 5.42. The molecular weight excluding hydrogens is 507 g/mol. The standard InChI is InChI=1S/C26H16F3N3O4S/c1-35-14-8-6-13(7-9-14)19-10-16(15-4-2-3-5-18(15)30-19)25(34)36-12-21(33)31-26-32-24-20(37-26)11-17(27)22(28)23(24)29/h2-11H,12H2,1H3,(H,31,32,33). The Morgan fingerprint density at radius 3 is 2.49 bits per heavy atom. The van der Waals surface area contributed by atoms with Crippen molar-refractivity contribution in [2.24, 2.45) is 0 Å². The van der Waals surface area contributed by atoms with Gasteiger partial charge in [-0.25, -0.2) is 27.9 Å². The maximum Gasteiger partial charge on any atom is 0.339 e. The van der Waals surface area contributed by atoms with Gasteiger partial charge in [0.05, 0.1) is 28.6 Å². The van der Waals surface area contributed by atoms with Crippen LogP contribution in [0.2, 0.25) is 0 Å². The predicted molar refractivity (Wildman–Crippen MR) is 132 cm³/mol. The van der Waals surface area contributed by atoms with Crippen LogP contribution >= 0.6 is 11.3 Å². The third-order valence-corrected chi connectivity index (χ3v) is 6.34. The number of carbonyl (C=O) groups is 2. The van der Waals surface area contributed by atoms with Gasteiger partial charge in [-0.2, -0.15) is 0 Å². The number of ether oxygens (including phenoxy) is 2. The fourth-order valence-corrected chi connectivity index (χ4v) is 4.55. The van der Waals surface area contributed by atoms with E-state index in [1.54, 1.807) is 61.7 Å². The van der Waals surface area contributed by atoms with Crippen LogP contribution in [0.15, 0.2) is 60.7 Å². The second-order valence-corrected chi connectivity index (χ2v) is 8.81. The molecule has 37 heavy (non-hydrogen) atoms. The monoisotopic (exact) mass is 523 g/mol. The first kappa shape index (κ1) is 24.2. The van der Waals surface area contributed by atoms with Crippen LogP contribution in [-0.2, 0) is 9.53 Å². The van der Waals surface area contributed by atoms with Crippen molar-refractivity contribution in [1.82, 2.24) is 9.97 Å². The molecule has 7 nitrogen and oxygen atoms in total. The maximum absolute atomic E-state index is 13.9. The average Bonchev–Trinajstić information content (AvgIpc) is 3.31. The maximum atomic E-state index is 13.9. The van der Waals surface area contributed by atoms with Gasteiger partial charge in [-0.15, -0.1) is 0 Å². The lowest BCUT2D eigenvalue weighted by Gasteiger charge is -2.10. The predicted octanol–water partition coefficient (Wildman–Crippen LogP) is 5.73. The molecule has 0 saturated carbocycles. The Hall–Kier alpha value is -4.51. The van der Waals surface area contributed by atoms with E-state index in [1.165, 1.54) is 0 Å². The van der Waals surface area contributed by atoms with Crippen LogP contribution in [0.4, 0.5) is 18.3 Å². The van der Waals surface area contributed by atoms with Crippen LogP contribution < -0.4 is 10.1 Å². The number of rotatable bonds is 6. The first-order valence-electron chi connectivity index (χ1n) is 10.8. The summed E-state index contributed by atoms with van der Waals surface area (Å²) in [5.41, 5.74) is 1.62. The second-order valence-electron chi connectivity index (χ2n) is 7.78. The minimum absolute atomic E-state index is 0.0120. The highest BCUT2D eigenvalue weighted by Gasteiger charge is 2.20. The number of benzene rings is 3. The van der Waals surface area contributed by atoms with Crippen LogP contribution in [-0.4, -0.2) is 35.6 Å². The number of para-hydroxylation sites is 1. The summed E-state index contributed by atoms with van der Waals surface area (Å²) in [4.78, 5) is 33.7. The number of esters is 1. The number of thiazole rings is 1. The summed E-state index contributed by atoms with van der Waals surface area (Å²) >= 11 is 0.750. The van der Waals surface area contributed by atoms with Crippen molar-refractivity contribution in [3.05, 3.63) is 83.7 Å². The number of pyridine rings is 1. The number of methoxy groups -OCH3 is 1. The van der Waals surface area contributed by atoms with E-state index in [0.29, 0.717) is 22.3 Å². The quantitative estimate of drug-likeness (QED) is 0.226. The summed E-state index contributed by atoms with van der Waals surface area (Å²) in [5, 5.41) is 2.78. The van der Waals surface area contributed by atoms with Gasteiger partial charge in [-0.3, -0.25) is 10.1 Å². The van der Waals surface area contributed by atoms with Gasteiger partial charge in [-0.05, 0) is 42.5 Å². The minimum atomic E-state index is -1.65. The first-order chi connectivity index (χ1) is 17.8. The molecule has 0 bridgehead atoms. The number of fused-ring (bicyclic) bond motifs is 2. The Balaban J connectivity index is 1.35. The van der Waals surface area contributed by atoms with Gasteiger partial charge in [0.1, 0.15) is 11.3 Å². The molecule has 0 fully saturated rings. The van der Waals surface area contributed by atoms with E-state index in [4.69, 9.17) is 9.47 Å². The molecule has 0 spiro atoms. The third kappa shape index (κ3) is 4.81. The molecule has 0 radical (unpaired) electrons. The van der Waals surface area contributed by atoms with E-state index in [1.807, 2.05) is 0 Å². The van der Waals surface area contributed by atoms with Gasteiger partial charge >= 0.3 is 5.97 Å². The molecule has 2 aromatic heterocycles. The number of hydrogen-bond donors (Lipinski definition) is 1. The fraction of sp³-hybridized carbons (Fsp3) is 0.0769. The van der Waals surface area contributed by atoms with Gasteiger partial charge in [0, 0.05) is 10.9 Å². The molecule has 0 saturated heterocycles. The average molecular weight is 523 g/mol. The molecule has 1 amide bonds. The second kappa shape index (κ2) is 9.86. The van der Waals surface area contributed by atoms with E-state index < -0.39 is 41.5 Å². The Labute approximate surface area is 211 Å². The zero-order chi connectivity index (χ0) is 26.1. The molecule has 0 unspecified atom stereocenters. The van der Waals surface area contributed by atoms with Crippen molar-refractivity contribution in [3.8, 4) is 17.0 Å². The van der Waals surface area contributed by atoms with E-state index >= 15 is 0 Å². The van der Waals surface area contributed by atoms with Crippen molar-refractivity contribution in [1.29, 1.82) is 0 Å². The molecule has 0 aliphatic carbocycles. The summed E-state index contributed by atoms with van der Waals surface area (Å²) in [5.74, 6) is -5.32. The molecule has 3 aromatic carbocycles. The van der Waals surface area contributed by atoms with Crippen LogP contribution in [0, 0.1) is 17.5 Å². The van der Waals surface area contributed by atoms with Crippen LogP contribution in [0.3, 0.4) is 0 Å². The van der Waals surface area contributed by atoms with Crippen molar-refractivity contribution in [2.45, 2.75) is 0 Å². The van der Waals surface area contributed by atoms with E-state index in [-0.39, 0.29) is 15.4 Å². The van der Waals surface area contributed by atoms with Gasteiger partial charge < -0.3 is 9.47 Å². The molecule has 5 aromatic rings. The number of aromatic nitrogens is 2. The number of nitrogens with zero attached hydrogens (tertiary/aromatic N) is 2. The van der Waals surface area contributed by atoms with E-state index in [0.717, 1.165) is 23.0 Å². The molecule has 2 heterocycles. The van der Waals surface area contributed by atoms with Crippen LogP contribution in [0.1, 0.15) is 10.4 Å². The largest absolute Gasteiger partial charge is 0.497 e. The Morgan fingerprint density at radius 1 is 0.973 bits per heavy atom. The molecular formula is C26H16F3N3O4S. The van der Waals surface area contributed by atoms with Gasteiger partial charge in [-0.1, -0.05) is 29.5 Å². The summed E-state index contributed by atoms with van der Waals surface area (Å²) < 4.78 is 51.2. The zero-order valence-electron chi connectivity index (χ0n) is 19.1. The summed E-state index contributed by atoms with van der Waals surface area (Å²) in [6.45, 7) is -0.672. The van der Waals surface area contributed by atoms with Crippen molar-refractivity contribution >= 4 is 49.5 Å². The topological polar surface area (TPSA) is 90.4 Å². The van der Waals surface area contributed by atoms with Crippen molar-refractivity contribution in [3.63, 3.8) is 0 Å². The highest BCUT2D eigenvalue weighted by molar-refractivity contribution is 7.22. The molecule has 0 aliphatic heterocycles. The Bertz CT molecular complexity index is 1670. The molecule has 186 valence electrons. The summed E-state index contributed by atoms with van der Waals surface area (Å²) in [6.07, 6.45) is 0. The summed E-state index contributed by atoms with van der Waals surface area (Å²) in [7, 11) is 1.56. The van der Waals surface area contributed by atoms with Gasteiger partial charge in [0.25, 0.3) is 5.91 Å². The molecule has 11 heteroatoms. The number of anilines is 1. The van der Waals surface area contributed by atoms with Crippen LogP contribution in [0.5, 0.6) is 5.75 Å². The number of carbonyl (C=O) groups excluding carboxylic acids is 2. The van der Waals surface area contributed by atoms with Gasteiger partial charge in [0.15, 0.2) is 29.2 Å². The lowest BCUT2D eigenvalue weighted by atomic mass is 10.0. The molecule has 0 aliphatic rings. The van der Waals surface area contributed by atoms with Crippen molar-refractivity contribution < 1.29 is 32.2 Å². The Morgan fingerprint density at radius 2 is 1.73 bits per heavy atom. The Kier molecular flexibility index (Phi) is 6.45. The van der Waals surface area contributed by atoms with Gasteiger partial charge in [0.2, 0.25) is 0 Å². The fourth-order valence-electron chi connectivity index (χ4n) is 3.65. The normalized spacial score (nSPS) is 11.0. The van der Waals surface area contributed by atoms with Crippen LogP contribution in [0.25, 0.3) is 32.4 Å². The first-order valence-corrected chi connectivity index (χ1v) is 11.6. The highest BCUT2D eigenvalue weighted by atomic mass is 32.1. The zero-order valence-corrected chi connectivity index (χ0v) is 19.9. The van der Waals surface area contributed by atoms with E-state index in [9.17, 15) is 22.8 Å². The smallest absolute Gasteiger partial charge is 0.339 e. The number of halogens is 3. The van der Waals surface area contributed by atoms with E-state index in [2.05, 4.69) is 15.3 Å². The molecule has 0 atom stereocenters. The number of hydrogen-bond acceptors (Lipinski definition) is 7. The molecule has 5 rings (SSSR count). The highest BCUT2D eigenvalue weighted by Crippen LogP contribution is 2.31. The minimum Gasteiger partial charge on any atom is -0.497 e. The lowest BCUT2D eigenvalue weighted by molar-refractivity contribution is -0.119. The number of nitrogens with one attached hydrogen (secondary N) is 1. The van der Waals surface area contributed by atoms with Crippen molar-refractivity contribution in [2.75, 3.05) is 19.0 Å². The summed E-state index contributed by atoms with van der Waals surface area (Å²) in [6, 6.07) is 16.5.